The van der Waals surface area contributed by atoms with Crippen molar-refractivity contribution in [2.75, 3.05) is 20.3 Å². The molecule has 9 nitrogen and oxygen atoms in total. The van der Waals surface area contributed by atoms with Gasteiger partial charge in [-0.15, -0.1) is 0 Å². The van der Waals surface area contributed by atoms with Crippen molar-refractivity contribution in [2.24, 2.45) is 4.99 Å². The van der Waals surface area contributed by atoms with Crippen LogP contribution >= 0.6 is 27.3 Å². The summed E-state index contributed by atoms with van der Waals surface area (Å²) in [6.07, 6.45) is 1.66. The molecular formula is C36H36BrFN2O7S. The molecule has 0 spiro atoms. The molecule has 0 amide bonds. The van der Waals surface area contributed by atoms with E-state index in [0.717, 1.165) is 0 Å². The summed E-state index contributed by atoms with van der Waals surface area (Å²) < 4.78 is 45.1. The number of thiazole rings is 1. The van der Waals surface area contributed by atoms with Crippen LogP contribution in [0.15, 0.2) is 80.1 Å². The Morgan fingerprint density at radius 1 is 1.06 bits per heavy atom. The number of carbonyl (C=O) groups is 1. The third-order valence-corrected chi connectivity index (χ3v) is 8.86. The van der Waals surface area contributed by atoms with Crippen LogP contribution < -0.4 is 33.8 Å². The number of nitrogens with zero attached hydrogens (tertiary/aromatic N) is 2. The van der Waals surface area contributed by atoms with E-state index in [2.05, 4.69) is 20.9 Å². The van der Waals surface area contributed by atoms with Gasteiger partial charge in [-0.25, -0.2) is 14.2 Å². The number of aromatic nitrogens is 1. The number of carbonyl (C=O) groups excluding carboxylic acids is 1. The molecule has 0 saturated carbocycles. The van der Waals surface area contributed by atoms with E-state index in [1.807, 2.05) is 32.9 Å². The lowest BCUT2D eigenvalue weighted by Gasteiger charge is -2.25. The fourth-order valence-corrected chi connectivity index (χ4v) is 6.94. The molecule has 252 valence electrons. The first kappa shape index (κ1) is 34.9. The molecule has 0 radical (unpaired) electrons. The molecule has 3 aromatic carbocycles. The van der Waals surface area contributed by atoms with Crippen LogP contribution in [0.1, 0.15) is 57.4 Å². The monoisotopic (exact) mass is 738 g/mol. The van der Waals surface area contributed by atoms with Crippen LogP contribution in [0.5, 0.6) is 23.0 Å². The van der Waals surface area contributed by atoms with Gasteiger partial charge in [-0.3, -0.25) is 9.36 Å². The Kier molecular flexibility index (Phi) is 11.1. The van der Waals surface area contributed by atoms with Crippen LogP contribution in [-0.2, 0) is 16.1 Å². The average molecular weight is 740 g/mol. The quantitative estimate of drug-likeness (QED) is 0.154. The van der Waals surface area contributed by atoms with Crippen molar-refractivity contribution in [1.29, 1.82) is 0 Å². The molecule has 0 aliphatic carbocycles. The Morgan fingerprint density at radius 2 is 1.85 bits per heavy atom. The number of hydrogen-bond acceptors (Lipinski definition) is 9. The highest BCUT2D eigenvalue weighted by atomic mass is 79.9. The van der Waals surface area contributed by atoms with Gasteiger partial charge >= 0.3 is 5.97 Å². The van der Waals surface area contributed by atoms with Gasteiger partial charge in [0.15, 0.2) is 27.8 Å². The number of fused-ring (bicyclic) bond motifs is 1. The van der Waals surface area contributed by atoms with Gasteiger partial charge in [0.2, 0.25) is 0 Å². The van der Waals surface area contributed by atoms with E-state index in [0.29, 0.717) is 65.8 Å². The van der Waals surface area contributed by atoms with Gasteiger partial charge in [0.05, 0.1) is 52.7 Å². The predicted molar refractivity (Wildman–Crippen MR) is 185 cm³/mol. The first-order chi connectivity index (χ1) is 23.0. The second-order valence-corrected chi connectivity index (χ2v) is 12.9. The first-order valence-electron chi connectivity index (χ1n) is 15.4. The zero-order valence-corrected chi connectivity index (χ0v) is 29.9. The number of esters is 1. The van der Waals surface area contributed by atoms with Crippen molar-refractivity contribution >= 4 is 39.3 Å². The smallest absolute Gasteiger partial charge is 0.338 e. The number of benzene rings is 3. The molecule has 12 heteroatoms. The molecule has 1 aromatic heterocycles. The third-order valence-electron chi connectivity index (χ3n) is 7.28. The molecule has 0 N–H and O–H groups in total. The minimum atomic E-state index is -0.825. The highest BCUT2D eigenvalue weighted by molar-refractivity contribution is 9.10. The van der Waals surface area contributed by atoms with Crippen LogP contribution in [0, 0.1) is 5.82 Å². The van der Waals surface area contributed by atoms with E-state index >= 15 is 0 Å². The second kappa shape index (κ2) is 15.2. The van der Waals surface area contributed by atoms with E-state index in [9.17, 15) is 14.0 Å². The zero-order valence-electron chi connectivity index (χ0n) is 27.5. The number of halogens is 2. The second-order valence-electron chi connectivity index (χ2n) is 11.1. The third kappa shape index (κ3) is 7.50. The minimum Gasteiger partial charge on any atom is -0.493 e. The normalized spacial score (nSPS) is 14.4. The number of methoxy groups -OCH3 is 1. The molecule has 5 rings (SSSR count). The molecule has 2 heterocycles. The van der Waals surface area contributed by atoms with Gasteiger partial charge in [0, 0.05) is 0 Å². The van der Waals surface area contributed by atoms with Gasteiger partial charge in [-0.1, -0.05) is 29.5 Å². The minimum absolute atomic E-state index is 0.0861. The highest BCUT2D eigenvalue weighted by Gasteiger charge is 2.34. The lowest BCUT2D eigenvalue weighted by molar-refractivity contribution is -0.139. The molecule has 1 atom stereocenters. The van der Waals surface area contributed by atoms with Crippen LogP contribution in [0.2, 0.25) is 0 Å². The average Bonchev–Trinajstić information content (AvgIpc) is 3.33. The summed E-state index contributed by atoms with van der Waals surface area (Å²) in [6.45, 7) is 9.81. The van der Waals surface area contributed by atoms with E-state index in [1.165, 1.54) is 35.1 Å². The van der Waals surface area contributed by atoms with Gasteiger partial charge in [-0.05, 0) is 110 Å². The maximum atomic E-state index is 14.2. The standard InChI is InChI=1S/C36H36BrFN2O7S/c1-7-44-29-16-23(15-26(37)33(29)46-19-22-10-9-11-25(38)14-22)17-30-34(41)40-32(24-12-13-27(47-20(3)4)28(18-24)43-6)31(35(42)45-8-2)21(5)39-36(40)48-30/h9-18,20,32H,7-8,19H2,1-6H3/b30-17-/t32-/m0/s1. The van der Waals surface area contributed by atoms with Crippen molar-refractivity contribution in [3.63, 3.8) is 0 Å². The molecule has 48 heavy (non-hydrogen) atoms. The first-order valence-corrected chi connectivity index (χ1v) is 17.0. The summed E-state index contributed by atoms with van der Waals surface area (Å²) >= 11 is 4.80. The summed E-state index contributed by atoms with van der Waals surface area (Å²) in [6, 6.07) is 14.3. The number of rotatable bonds is 12. The van der Waals surface area contributed by atoms with Crippen molar-refractivity contribution in [3.8, 4) is 23.0 Å². The number of ether oxygens (including phenoxy) is 5. The van der Waals surface area contributed by atoms with E-state index in [1.54, 1.807) is 50.3 Å². The van der Waals surface area contributed by atoms with Crippen LogP contribution in [0.25, 0.3) is 6.08 Å². The number of allylic oxidation sites excluding steroid dienone is 1. The van der Waals surface area contributed by atoms with Gasteiger partial charge < -0.3 is 23.7 Å². The molecule has 4 aromatic rings. The Hall–Kier alpha value is -4.42. The van der Waals surface area contributed by atoms with Gasteiger partial charge in [0.1, 0.15) is 12.4 Å². The van der Waals surface area contributed by atoms with Gasteiger partial charge in [0.25, 0.3) is 5.56 Å². The SMILES string of the molecule is CCOC(=O)C1=C(C)N=c2s/c(=C\c3cc(Br)c(OCc4cccc(F)c4)c(OCC)c3)c(=O)n2[C@H]1c1ccc(OC(C)C)c(OC)c1. The lowest BCUT2D eigenvalue weighted by atomic mass is 9.95. The molecule has 1 aliphatic heterocycles. The molecule has 0 fully saturated rings. The Bertz CT molecular complexity index is 2050. The molecule has 0 unspecified atom stereocenters. The maximum Gasteiger partial charge on any atom is 0.338 e. The topological polar surface area (TPSA) is 97.6 Å². The Morgan fingerprint density at radius 3 is 2.54 bits per heavy atom. The van der Waals surface area contributed by atoms with Gasteiger partial charge in [-0.2, -0.15) is 0 Å². The lowest BCUT2D eigenvalue weighted by Crippen LogP contribution is -2.40. The molecule has 0 bridgehead atoms. The Labute approximate surface area is 290 Å². The Balaban J connectivity index is 1.61. The molecule has 0 saturated heterocycles. The van der Waals surface area contributed by atoms with E-state index < -0.39 is 12.0 Å². The largest absolute Gasteiger partial charge is 0.493 e. The summed E-state index contributed by atoms with van der Waals surface area (Å²) in [5, 5.41) is 0. The van der Waals surface area contributed by atoms with Crippen LogP contribution in [0.3, 0.4) is 0 Å². The summed E-state index contributed by atoms with van der Waals surface area (Å²) in [7, 11) is 1.54. The summed E-state index contributed by atoms with van der Waals surface area (Å²) in [5.41, 5.74) is 2.35. The zero-order chi connectivity index (χ0) is 34.5. The summed E-state index contributed by atoms with van der Waals surface area (Å²) in [4.78, 5) is 32.6. The van der Waals surface area contributed by atoms with Crippen molar-refractivity contribution < 1.29 is 32.9 Å². The molecular weight excluding hydrogens is 703 g/mol. The van der Waals surface area contributed by atoms with E-state index in [-0.39, 0.29) is 36.3 Å². The van der Waals surface area contributed by atoms with Crippen molar-refractivity contribution in [2.45, 2.75) is 53.4 Å². The van der Waals surface area contributed by atoms with Crippen molar-refractivity contribution in [1.82, 2.24) is 4.57 Å². The highest BCUT2D eigenvalue weighted by Crippen LogP contribution is 2.39. The number of hydrogen-bond donors (Lipinski definition) is 0. The fraction of sp³-hybridized carbons (Fsp3) is 0.306. The van der Waals surface area contributed by atoms with Crippen LogP contribution in [-0.4, -0.2) is 37.0 Å². The predicted octanol–water partition coefficient (Wildman–Crippen LogP) is 6.47. The maximum absolute atomic E-state index is 14.2. The fourth-order valence-electron chi connectivity index (χ4n) is 5.32. The molecule has 1 aliphatic rings. The van der Waals surface area contributed by atoms with Crippen LogP contribution in [0.4, 0.5) is 4.39 Å². The van der Waals surface area contributed by atoms with Crippen molar-refractivity contribution in [3.05, 3.63) is 113 Å². The summed E-state index contributed by atoms with van der Waals surface area (Å²) in [5.74, 6) is 1.01. The van der Waals surface area contributed by atoms with E-state index in [4.69, 9.17) is 23.7 Å².